The number of rotatable bonds is 17. The number of benzene rings is 5. The van der Waals surface area contributed by atoms with Gasteiger partial charge in [0.25, 0.3) is 0 Å². The Hall–Kier alpha value is -4.97. The second-order valence-corrected chi connectivity index (χ2v) is 13.9. The van der Waals surface area contributed by atoms with Gasteiger partial charge in [-0.15, -0.1) is 0 Å². The molecule has 0 aliphatic carbocycles. The molecule has 0 aromatic heterocycles. The molecule has 280 valence electrons. The lowest BCUT2D eigenvalue weighted by Crippen LogP contribution is -2.62. The second kappa shape index (κ2) is 19.4. The largest absolute Gasteiger partial charge is 0.477 e. The average molecular weight is 753 g/mol. The Balaban J connectivity index is 1.33. The van der Waals surface area contributed by atoms with Gasteiger partial charge in [0.15, 0.2) is 12.4 Å². The minimum atomic E-state index is -4.47. The van der Waals surface area contributed by atoms with Gasteiger partial charge in [-0.25, -0.2) is 14.2 Å². The van der Waals surface area contributed by atoms with E-state index in [2.05, 4.69) is 0 Å². The summed E-state index contributed by atoms with van der Waals surface area (Å²) in [4.78, 5) is 26.6. The highest BCUT2D eigenvalue weighted by atomic mass is 31.2. The SMILES string of the molecule is CO[C@@H]1[C@H](OCc2ccccc2)[C@H](OP(=O)(OCc2ccccc2)OCc2ccccc2)O[C@H](COC(=O)c2ccccc2)[C@H]1OC(=O)c1ccccc1. The topological polar surface area (TPSA) is 125 Å². The Morgan fingerprint density at radius 1 is 0.574 bits per heavy atom. The first-order valence-corrected chi connectivity index (χ1v) is 18.8. The van der Waals surface area contributed by atoms with E-state index in [0.717, 1.165) is 16.7 Å². The summed E-state index contributed by atoms with van der Waals surface area (Å²) < 4.78 is 63.3. The fourth-order valence-corrected chi connectivity index (χ4v) is 6.95. The van der Waals surface area contributed by atoms with Crippen LogP contribution in [0.15, 0.2) is 152 Å². The van der Waals surface area contributed by atoms with E-state index >= 15 is 0 Å². The highest BCUT2D eigenvalue weighted by Gasteiger charge is 2.53. The summed E-state index contributed by atoms with van der Waals surface area (Å²) in [5, 5.41) is 0. The first-order chi connectivity index (χ1) is 26.4. The van der Waals surface area contributed by atoms with E-state index in [1.165, 1.54) is 7.11 Å². The van der Waals surface area contributed by atoms with Crippen molar-refractivity contribution in [1.82, 2.24) is 0 Å². The summed E-state index contributed by atoms with van der Waals surface area (Å²) in [5.74, 6) is -1.31. The van der Waals surface area contributed by atoms with Gasteiger partial charge < -0.3 is 23.7 Å². The average Bonchev–Trinajstić information content (AvgIpc) is 3.23. The lowest BCUT2D eigenvalue weighted by atomic mass is 9.98. The number of phosphoric ester groups is 1. The van der Waals surface area contributed by atoms with Gasteiger partial charge in [-0.3, -0.25) is 13.6 Å². The van der Waals surface area contributed by atoms with Crippen LogP contribution in [0.25, 0.3) is 0 Å². The van der Waals surface area contributed by atoms with E-state index in [0.29, 0.717) is 5.56 Å². The molecule has 5 atom stereocenters. The Morgan fingerprint density at radius 2 is 1.02 bits per heavy atom. The van der Waals surface area contributed by atoms with E-state index in [-0.39, 0.29) is 25.4 Å². The maximum absolute atomic E-state index is 14.6. The summed E-state index contributed by atoms with van der Waals surface area (Å²) in [7, 11) is -3.06. The number of phosphoric acid groups is 1. The van der Waals surface area contributed by atoms with Gasteiger partial charge in [-0.05, 0) is 41.0 Å². The molecule has 1 aliphatic rings. The summed E-state index contributed by atoms with van der Waals surface area (Å²) in [5.41, 5.74) is 2.84. The molecular weight excluding hydrogens is 711 g/mol. The summed E-state index contributed by atoms with van der Waals surface area (Å²) in [6.45, 7) is -0.566. The number of carbonyl (C=O) groups excluding carboxylic acids is 2. The van der Waals surface area contributed by atoms with Crippen molar-refractivity contribution < 1.29 is 51.4 Å². The van der Waals surface area contributed by atoms with E-state index < -0.39 is 57.1 Å². The summed E-state index contributed by atoms with van der Waals surface area (Å²) in [6.07, 6.45) is -6.13. The smallest absolute Gasteiger partial charge is 0.459 e. The third-order valence-corrected chi connectivity index (χ3v) is 9.84. The molecule has 1 aliphatic heterocycles. The second-order valence-electron chi connectivity index (χ2n) is 12.3. The van der Waals surface area contributed by atoms with E-state index in [1.54, 1.807) is 60.7 Å². The summed E-state index contributed by atoms with van der Waals surface area (Å²) >= 11 is 0. The quantitative estimate of drug-likeness (QED) is 0.0679. The van der Waals surface area contributed by atoms with Crippen LogP contribution < -0.4 is 0 Å². The zero-order valence-electron chi connectivity index (χ0n) is 29.6. The molecule has 0 bridgehead atoms. The number of methoxy groups -OCH3 is 1. The van der Waals surface area contributed by atoms with Crippen LogP contribution in [0.5, 0.6) is 0 Å². The zero-order chi connectivity index (χ0) is 37.6. The highest BCUT2D eigenvalue weighted by molar-refractivity contribution is 7.48. The van der Waals surface area contributed by atoms with Crippen molar-refractivity contribution in [1.29, 1.82) is 0 Å². The molecule has 1 fully saturated rings. The van der Waals surface area contributed by atoms with Crippen molar-refractivity contribution in [3.63, 3.8) is 0 Å². The number of hydrogen-bond donors (Lipinski definition) is 0. The van der Waals surface area contributed by atoms with Crippen LogP contribution in [-0.4, -0.2) is 56.4 Å². The van der Waals surface area contributed by atoms with Gasteiger partial charge in [0, 0.05) is 7.11 Å². The Kier molecular flexibility index (Phi) is 13.9. The Morgan fingerprint density at radius 3 is 1.50 bits per heavy atom. The van der Waals surface area contributed by atoms with E-state index in [9.17, 15) is 14.2 Å². The molecule has 0 amide bonds. The van der Waals surface area contributed by atoms with E-state index in [4.69, 9.17) is 37.3 Å². The first-order valence-electron chi connectivity index (χ1n) is 17.4. The molecule has 0 N–H and O–H groups in total. The molecule has 0 unspecified atom stereocenters. The van der Waals surface area contributed by atoms with Gasteiger partial charge in [-0.1, -0.05) is 127 Å². The van der Waals surface area contributed by atoms with E-state index in [1.807, 2.05) is 91.0 Å². The predicted octanol–water partition coefficient (Wildman–Crippen LogP) is 7.95. The molecule has 5 aromatic carbocycles. The molecule has 54 heavy (non-hydrogen) atoms. The molecule has 11 nitrogen and oxygen atoms in total. The maximum atomic E-state index is 14.6. The fraction of sp³-hybridized carbons (Fsp3) is 0.238. The Labute approximate surface area is 314 Å². The third-order valence-electron chi connectivity index (χ3n) is 8.49. The molecule has 1 saturated heterocycles. The standard InChI is InChI=1S/C42H41O11P/c1-46-38-37(52-41(44)35-25-15-6-16-26-35)36(30-48-40(43)34-23-13-5-14-24-34)51-42(39(38)47-27-31-17-7-2-8-18-31)53-54(45,49-28-32-19-9-3-10-20-32)50-29-33-21-11-4-12-22-33/h2-26,36-39,42H,27-30H2,1H3/t36-,37-,38+,39+,42+/m1/s1. The van der Waals surface area contributed by atoms with Crippen molar-refractivity contribution in [2.75, 3.05) is 13.7 Å². The van der Waals surface area contributed by atoms with Crippen molar-refractivity contribution in [2.24, 2.45) is 0 Å². The Bertz CT molecular complexity index is 1890. The van der Waals surface area contributed by atoms with Crippen LogP contribution in [0.2, 0.25) is 0 Å². The molecule has 12 heteroatoms. The fourth-order valence-electron chi connectivity index (χ4n) is 5.71. The van der Waals surface area contributed by atoms with Crippen LogP contribution in [0.3, 0.4) is 0 Å². The summed E-state index contributed by atoms with van der Waals surface area (Å²) in [6, 6.07) is 44.4. The van der Waals surface area contributed by atoms with Crippen LogP contribution in [-0.2, 0) is 61.6 Å². The third kappa shape index (κ3) is 10.8. The van der Waals surface area contributed by atoms with Crippen LogP contribution in [0.4, 0.5) is 0 Å². The van der Waals surface area contributed by atoms with Gasteiger partial charge in [0.1, 0.15) is 24.9 Å². The molecular formula is C42H41O11P. The minimum Gasteiger partial charge on any atom is -0.459 e. The molecule has 1 heterocycles. The van der Waals surface area contributed by atoms with Crippen LogP contribution in [0, 0.1) is 0 Å². The lowest BCUT2D eigenvalue weighted by molar-refractivity contribution is -0.296. The number of ether oxygens (including phenoxy) is 5. The number of hydrogen-bond acceptors (Lipinski definition) is 11. The molecule has 6 rings (SSSR count). The van der Waals surface area contributed by atoms with Crippen LogP contribution >= 0.6 is 7.82 Å². The highest BCUT2D eigenvalue weighted by Crippen LogP contribution is 2.53. The van der Waals surface area contributed by atoms with Crippen molar-refractivity contribution >= 4 is 19.8 Å². The first kappa shape index (κ1) is 38.7. The molecule has 5 aromatic rings. The maximum Gasteiger partial charge on any atom is 0.477 e. The monoisotopic (exact) mass is 752 g/mol. The molecule has 0 saturated carbocycles. The van der Waals surface area contributed by atoms with Crippen molar-refractivity contribution in [3.8, 4) is 0 Å². The van der Waals surface area contributed by atoms with Gasteiger partial charge in [-0.2, -0.15) is 0 Å². The minimum absolute atomic E-state index is 0.0572. The number of carbonyl (C=O) groups is 2. The molecule has 0 spiro atoms. The van der Waals surface area contributed by atoms with Gasteiger partial charge in [0.2, 0.25) is 0 Å². The molecule has 0 radical (unpaired) electrons. The normalized spacial score (nSPS) is 19.8. The van der Waals surface area contributed by atoms with Crippen molar-refractivity contribution in [2.45, 2.75) is 50.5 Å². The predicted molar refractivity (Wildman–Crippen MR) is 198 cm³/mol. The van der Waals surface area contributed by atoms with Gasteiger partial charge in [0.05, 0.1) is 30.9 Å². The zero-order valence-corrected chi connectivity index (χ0v) is 30.5. The van der Waals surface area contributed by atoms with Gasteiger partial charge >= 0.3 is 19.8 Å². The lowest BCUT2D eigenvalue weighted by Gasteiger charge is -2.45. The van der Waals surface area contributed by atoms with Crippen molar-refractivity contribution in [3.05, 3.63) is 179 Å². The van der Waals surface area contributed by atoms with Crippen LogP contribution in [0.1, 0.15) is 37.4 Å². The number of esters is 2.